The van der Waals surface area contributed by atoms with Gasteiger partial charge in [-0.2, -0.15) is 0 Å². The number of hydrogen-bond donors (Lipinski definition) is 1. The average Bonchev–Trinajstić information content (AvgIpc) is 2.75. The molecule has 2 rings (SSSR count). The van der Waals surface area contributed by atoms with Gasteiger partial charge in [0.05, 0.1) is 6.10 Å². The van der Waals surface area contributed by atoms with Crippen LogP contribution < -0.4 is 10.1 Å². The van der Waals surface area contributed by atoms with Gasteiger partial charge in [0.25, 0.3) is 0 Å². The van der Waals surface area contributed by atoms with Crippen molar-refractivity contribution >= 4 is 27.3 Å². The highest BCUT2D eigenvalue weighted by molar-refractivity contribution is 9.10. The lowest BCUT2D eigenvalue weighted by Crippen LogP contribution is -2.19. The molecule has 1 N–H and O–H groups in total. The lowest BCUT2D eigenvalue weighted by atomic mass is 10.1. The predicted octanol–water partition coefficient (Wildman–Crippen LogP) is 5.46. The fraction of sp³-hybridized carbons (Fsp3) is 0.412. The maximum absolute atomic E-state index is 5.90. The molecule has 0 aliphatic rings. The molecule has 4 heteroatoms. The molecule has 114 valence electrons. The van der Waals surface area contributed by atoms with Crippen LogP contribution in [0.15, 0.2) is 34.8 Å². The van der Waals surface area contributed by atoms with Crippen molar-refractivity contribution in [2.75, 3.05) is 0 Å². The minimum atomic E-state index is 0.189. The number of thiophene rings is 1. The van der Waals surface area contributed by atoms with Gasteiger partial charge in [0.2, 0.25) is 0 Å². The van der Waals surface area contributed by atoms with Crippen LogP contribution in [0.3, 0.4) is 0 Å². The molecule has 0 spiro atoms. The molecule has 0 saturated carbocycles. The Morgan fingerprint density at radius 1 is 1.24 bits per heavy atom. The molecule has 1 aromatic heterocycles. The summed E-state index contributed by atoms with van der Waals surface area (Å²) in [5.41, 5.74) is 1.21. The molecule has 0 fully saturated rings. The number of hydrogen-bond acceptors (Lipinski definition) is 3. The maximum atomic E-state index is 5.90. The molecule has 0 aliphatic heterocycles. The Kier molecular flexibility index (Phi) is 5.85. The van der Waals surface area contributed by atoms with E-state index in [-0.39, 0.29) is 12.1 Å². The summed E-state index contributed by atoms with van der Waals surface area (Å²) in [5.74, 6) is 0.969. The summed E-state index contributed by atoms with van der Waals surface area (Å²) >= 11 is 5.40. The van der Waals surface area contributed by atoms with Crippen LogP contribution in [0, 0.1) is 6.92 Å². The van der Waals surface area contributed by atoms with Gasteiger partial charge in [0.1, 0.15) is 5.75 Å². The molecule has 0 saturated heterocycles. The molecule has 0 bridgehead atoms. The van der Waals surface area contributed by atoms with Gasteiger partial charge in [-0.25, -0.2) is 0 Å². The van der Waals surface area contributed by atoms with Crippen LogP contribution in [-0.2, 0) is 6.54 Å². The number of para-hydroxylation sites is 1. The van der Waals surface area contributed by atoms with Crippen molar-refractivity contribution in [1.82, 2.24) is 5.32 Å². The van der Waals surface area contributed by atoms with Crippen LogP contribution in [-0.4, -0.2) is 6.10 Å². The number of rotatable bonds is 6. The second-order valence-corrected chi connectivity index (χ2v) is 7.62. The minimum Gasteiger partial charge on any atom is -0.491 e. The van der Waals surface area contributed by atoms with Crippen molar-refractivity contribution in [3.8, 4) is 5.75 Å². The number of ether oxygens (including phenoxy) is 1. The van der Waals surface area contributed by atoms with E-state index in [0.717, 1.165) is 12.3 Å². The fourth-order valence-electron chi connectivity index (χ4n) is 2.17. The standard InChI is InChI=1S/C17H22BrNOS/c1-11(2)20-17-8-6-5-7-15(17)12(3)19-10-14-9-16(18)13(4)21-14/h5-9,11-12,19H,10H2,1-4H3. The van der Waals surface area contributed by atoms with Crippen molar-refractivity contribution in [2.45, 2.75) is 46.4 Å². The van der Waals surface area contributed by atoms with Gasteiger partial charge in [-0.3, -0.25) is 0 Å². The average molecular weight is 368 g/mol. The number of aryl methyl sites for hydroxylation is 1. The van der Waals surface area contributed by atoms with E-state index in [2.05, 4.69) is 67.1 Å². The molecule has 1 atom stereocenters. The first-order valence-corrected chi connectivity index (χ1v) is 8.82. The SMILES string of the molecule is Cc1sc(CNC(C)c2ccccc2OC(C)C)cc1Br. The highest BCUT2D eigenvalue weighted by Gasteiger charge is 2.12. The third kappa shape index (κ3) is 4.56. The Morgan fingerprint density at radius 2 is 1.95 bits per heavy atom. The molecular formula is C17H22BrNOS. The van der Waals surface area contributed by atoms with E-state index in [1.54, 1.807) is 0 Å². The highest BCUT2D eigenvalue weighted by atomic mass is 79.9. The molecule has 0 amide bonds. The summed E-state index contributed by atoms with van der Waals surface area (Å²) in [6.07, 6.45) is 0.189. The Bertz CT molecular complexity index is 575. The number of benzene rings is 1. The summed E-state index contributed by atoms with van der Waals surface area (Å²) in [5, 5.41) is 3.58. The smallest absolute Gasteiger partial charge is 0.124 e. The molecule has 21 heavy (non-hydrogen) atoms. The predicted molar refractivity (Wildman–Crippen MR) is 94.2 cm³/mol. The summed E-state index contributed by atoms with van der Waals surface area (Å²) < 4.78 is 7.09. The Hall–Kier alpha value is -0.840. The normalized spacial score (nSPS) is 12.7. The van der Waals surface area contributed by atoms with Crippen LogP contribution in [0.2, 0.25) is 0 Å². The molecule has 0 aliphatic carbocycles. The Labute approximate surface area is 139 Å². The van der Waals surface area contributed by atoms with E-state index in [9.17, 15) is 0 Å². The first-order chi connectivity index (χ1) is 9.97. The quantitative estimate of drug-likeness (QED) is 0.731. The van der Waals surface area contributed by atoms with E-state index in [4.69, 9.17) is 4.74 Å². The second-order valence-electron chi connectivity index (χ2n) is 5.42. The molecule has 2 nitrogen and oxygen atoms in total. The van der Waals surface area contributed by atoms with Gasteiger partial charge < -0.3 is 10.1 Å². The first kappa shape index (κ1) is 16.5. The van der Waals surface area contributed by atoms with Crippen molar-refractivity contribution in [1.29, 1.82) is 0 Å². The highest BCUT2D eigenvalue weighted by Crippen LogP contribution is 2.28. The number of halogens is 1. The van der Waals surface area contributed by atoms with Crippen LogP contribution in [0.1, 0.15) is 42.1 Å². The summed E-state index contributed by atoms with van der Waals surface area (Å²) in [4.78, 5) is 2.66. The van der Waals surface area contributed by atoms with E-state index >= 15 is 0 Å². The van der Waals surface area contributed by atoms with Crippen LogP contribution >= 0.6 is 27.3 Å². The van der Waals surface area contributed by atoms with Crippen LogP contribution in [0.5, 0.6) is 5.75 Å². The molecule has 0 radical (unpaired) electrons. The van der Waals surface area contributed by atoms with E-state index in [1.165, 1.54) is 19.8 Å². The lowest BCUT2D eigenvalue weighted by Gasteiger charge is -2.19. The van der Waals surface area contributed by atoms with Gasteiger partial charge in [-0.1, -0.05) is 18.2 Å². The topological polar surface area (TPSA) is 21.3 Å². The van der Waals surface area contributed by atoms with E-state index in [0.29, 0.717) is 0 Å². The first-order valence-electron chi connectivity index (χ1n) is 7.21. The summed E-state index contributed by atoms with van der Waals surface area (Å²) in [7, 11) is 0. The second kappa shape index (κ2) is 7.43. The molecule has 1 heterocycles. The van der Waals surface area contributed by atoms with Crippen molar-refractivity contribution in [3.63, 3.8) is 0 Å². The van der Waals surface area contributed by atoms with Gasteiger partial charge >= 0.3 is 0 Å². The molecule has 1 aromatic carbocycles. The fourth-order valence-corrected chi connectivity index (χ4v) is 3.72. The number of nitrogens with one attached hydrogen (secondary N) is 1. The zero-order valence-electron chi connectivity index (χ0n) is 12.9. The minimum absolute atomic E-state index is 0.189. The van der Waals surface area contributed by atoms with Crippen molar-refractivity contribution in [2.24, 2.45) is 0 Å². The summed E-state index contributed by atoms with van der Waals surface area (Å²) in [6, 6.07) is 10.7. The van der Waals surface area contributed by atoms with E-state index < -0.39 is 0 Å². The monoisotopic (exact) mass is 367 g/mol. The van der Waals surface area contributed by atoms with Gasteiger partial charge in [-0.15, -0.1) is 11.3 Å². The van der Waals surface area contributed by atoms with E-state index in [1.807, 2.05) is 23.5 Å². The third-order valence-corrected chi connectivity index (χ3v) is 5.38. The van der Waals surface area contributed by atoms with Crippen molar-refractivity contribution in [3.05, 3.63) is 50.1 Å². The van der Waals surface area contributed by atoms with Crippen molar-refractivity contribution < 1.29 is 4.74 Å². The molecule has 1 unspecified atom stereocenters. The van der Waals surface area contributed by atoms with Gasteiger partial charge in [-0.05, 0) is 55.8 Å². The van der Waals surface area contributed by atoms with Gasteiger partial charge in [0.15, 0.2) is 0 Å². The maximum Gasteiger partial charge on any atom is 0.124 e. The van der Waals surface area contributed by atoms with Crippen LogP contribution in [0.25, 0.3) is 0 Å². The summed E-state index contributed by atoms with van der Waals surface area (Å²) in [6.45, 7) is 9.29. The largest absolute Gasteiger partial charge is 0.491 e. The molecule has 2 aromatic rings. The zero-order chi connectivity index (χ0) is 15.4. The zero-order valence-corrected chi connectivity index (χ0v) is 15.3. The third-order valence-electron chi connectivity index (χ3n) is 3.24. The van der Waals surface area contributed by atoms with Gasteiger partial charge in [0, 0.05) is 32.4 Å². The Morgan fingerprint density at radius 3 is 2.57 bits per heavy atom. The Balaban J connectivity index is 2.04. The molecular weight excluding hydrogens is 346 g/mol. The lowest BCUT2D eigenvalue weighted by molar-refractivity contribution is 0.238. The van der Waals surface area contributed by atoms with Crippen LogP contribution in [0.4, 0.5) is 0 Å².